The van der Waals surface area contributed by atoms with Crippen LogP contribution in [0, 0.1) is 6.92 Å². The summed E-state index contributed by atoms with van der Waals surface area (Å²) in [6, 6.07) is 3.64. The van der Waals surface area contributed by atoms with Crippen LogP contribution in [-0.4, -0.2) is 23.6 Å². The first kappa shape index (κ1) is 16.0. The van der Waals surface area contributed by atoms with Gasteiger partial charge in [-0.15, -0.1) is 0 Å². The van der Waals surface area contributed by atoms with Crippen molar-refractivity contribution in [3.63, 3.8) is 0 Å². The monoisotopic (exact) mass is 318 g/mol. The summed E-state index contributed by atoms with van der Waals surface area (Å²) in [5.74, 6) is 0.233. The number of hydrogen-bond acceptors (Lipinski definition) is 5. The number of ether oxygens (including phenoxy) is 3. The third-order valence-corrected chi connectivity index (χ3v) is 4.62. The molecule has 0 amide bonds. The van der Waals surface area contributed by atoms with Crippen LogP contribution in [0.2, 0.25) is 0 Å². The van der Waals surface area contributed by atoms with Gasteiger partial charge in [0.2, 0.25) is 0 Å². The van der Waals surface area contributed by atoms with Crippen LogP contribution in [0.1, 0.15) is 57.1 Å². The molecule has 0 N–H and O–H groups in total. The fraction of sp³-hybridized carbons (Fsp3) is 0.556. The molecule has 1 heterocycles. The first-order chi connectivity index (χ1) is 10.8. The van der Waals surface area contributed by atoms with E-state index in [4.69, 9.17) is 14.2 Å². The Kier molecular flexibility index (Phi) is 3.92. The van der Waals surface area contributed by atoms with Gasteiger partial charge in [-0.3, -0.25) is 9.59 Å². The van der Waals surface area contributed by atoms with Gasteiger partial charge in [0.15, 0.2) is 0 Å². The van der Waals surface area contributed by atoms with Crippen LogP contribution in [0.15, 0.2) is 12.1 Å². The number of rotatable bonds is 3. The van der Waals surface area contributed by atoms with Crippen molar-refractivity contribution >= 4 is 11.9 Å². The molecule has 2 aliphatic rings. The molecule has 5 nitrogen and oxygen atoms in total. The highest BCUT2D eigenvalue weighted by atomic mass is 16.6. The maximum atomic E-state index is 11.5. The van der Waals surface area contributed by atoms with E-state index in [-0.39, 0.29) is 29.6 Å². The Bertz CT molecular complexity index is 628. The van der Waals surface area contributed by atoms with Crippen LogP contribution in [-0.2, 0) is 14.3 Å². The molecule has 3 atom stereocenters. The number of carbonyl (C=O) groups excluding carboxylic acids is 2. The van der Waals surface area contributed by atoms with E-state index in [1.54, 1.807) is 0 Å². The molecule has 1 aliphatic carbocycles. The molecule has 1 aromatic carbocycles. The number of hydrogen-bond donors (Lipinski definition) is 0. The molecule has 1 aromatic rings. The molecular formula is C18H22O5. The normalized spacial score (nSPS) is 28.7. The fourth-order valence-electron chi connectivity index (χ4n) is 3.66. The Labute approximate surface area is 135 Å². The lowest BCUT2D eigenvalue weighted by Crippen LogP contribution is -2.23. The third kappa shape index (κ3) is 3.11. The second-order valence-electron chi connectivity index (χ2n) is 6.71. The van der Waals surface area contributed by atoms with Gasteiger partial charge in [0.25, 0.3) is 0 Å². The van der Waals surface area contributed by atoms with Gasteiger partial charge in [-0.05, 0) is 50.8 Å². The number of carbonyl (C=O) groups is 2. The molecule has 23 heavy (non-hydrogen) atoms. The van der Waals surface area contributed by atoms with Crippen LogP contribution in [0.5, 0.6) is 11.5 Å². The largest absolute Gasteiger partial charge is 0.426 e. The van der Waals surface area contributed by atoms with Gasteiger partial charge in [0, 0.05) is 25.3 Å². The smallest absolute Gasteiger partial charge is 0.308 e. The predicted molar refractivity (Wildman–Crippen MR) is 83.7 cm³/mol. The van der Waals surface area contributed by atoms with Gasteiger partial charge < -0.3 is 14.2 Å². The van der Waals surface area contributed by atoms with Crippen LogP contribution < -0.4 is 9.47 Å². The van der Waals surface area contributed by atoms with E-state index in [1.165, 1.54) is 13.8 Å². The van der Waals surface area contributed by atoms with Crippen LogP contribution in [0.4, 0.5) is 0 Å². The van der Waals surface area contributed by atoms with E-state index < -0.39 is 0 Å². The Morgan fingerprint density at radius 2 is 1.74 bits per heavy atom. The zero-order valence-corrected chi connectivity index (χ0v) is 14.0. The van der Waals surface area contributed by atoms with Gasteiger partial charge in [-0.1, -0.05) is 0 Å². The van der Waals surface area contributed by atoms with Crippen LogP contribution >= 0.6 is 0 Å². The van der Waals surface area contributed by atoms with Crippen molar-refractivity contribution in [1.29, 1.82) is 0 Å². The lowest BCUT2D eigenvalue weighted by atomic mass is 9.78. The molecule has 3 rings (SSSR count). The van der Waals surface area contributed by atoms with Crippen molar-refractivity contribution in [2.45, 2.75) is 64.6 Å². The van der Waals surface area contributed by atoms with Crippen molar-refractivity contribution in [2.24, 2.45) is 0 Å². The van der Waals surface area contributed by atoms with E-state index in [9.17, 15) is 9.59 Å². The molecule has 5 heteroatoms. The fourth-order valence-corrected chi connectivity index (χ4v) is 3.66. The molecule has 3 unspecified atom stereocenters. The van der Waals surface area contributed by atoms with E-state index in [0.29, 0.717) is 11.5 Å². The zero-order chi connectivity index (χ0) is 16.8. The van der Waals surface area contributed by atoms with E-state index in [1.807, 2.05) is 19.1 Å². The minimum atomic E-state index is -0.388. The van der Waals surface area contributed by atoms with Crippen molar-refractivity contribution in [3.05, 3.63) is 23.3 Å². The summed E-state index contributed by atoms with van der Waals surface area (Å²) < 4.78 is 16.7. The highest BCUT2D eigenvalue weighted by molar-refractivity contribution is 5.73. The Balaban J connectivity index is 2.07. The van der Waals surface area contributed by atoms with E-state index in [0.717, 1.165) is 30.4 Å². The van der Waals surface area contributed by atoms with Crippen LogP contribution in [0.3, 0.4) is 0 Å². The molecular weight excluding hydrogens is 296 g/mol. The summed E-state index contributed by atoms with van der Waals surface area (Å²) in [6.07, 6.45) is 3.07. The lowest BCUT2D eigenvalue weighted by Gasteiger charge is -2.26. The summed E-state index contributed by atoms with van der Waals surface area (Å²) in [4.78, 5) is 23.0. The maximum absolute atomic E-state index is 11.5. The number of epoxide rings is 1. The standard InChI is InChI=1S/C18H22O5/c1-10-8-14(21-11(2)19)16(15(9-10)22-12(3)20)13-6-5-7-18(4)17(13)23-18/h8-9,13,17H,5-7H2,1-4H3. The van der Waals surface area contributed by atoms with Crippen molar-refractivity contribution in [2.75, 3.05) is 0 Å². The molecule has 0 radical (unpaired) electrons. The number of benzene rings is 1. The minimum Gasteiger partial charge on any atom is -0.426 e. The first-order valence-electron chi connectivity index (χ1n) is 7.99. The second-order valence-corrected chi connectivity index (χ2v) is 6.71. The average Bonchev–Trinajstić information content (AvgIpc) is 3.09. The van der Waals surface area contributed by atoms with Crippen LogP contribution in [0.25, 0.3) is 0 Å². The van der Waals surface area contributed by atoms with Gasteiger partial charge in [-0.2, -0.15) is 0 Å². The lowest BCUT2D eigenvalue weighted by molar-refractivity contribution is -0.132. The number of esters is 2. The quantitative estimate of drug-likeness (QED) is 0.486. The number of aryl methyl sites for hydroxylation is 1. The zero-order valence-electron chi connectivity index (χ0n) is 14.0. The molecule has 1 aliphatic heterocycles. The Hall–Kier alpha value is -1.88. The first-order valence-corrected chi connectivity index (χ1v) is 7.99. The topological polar surface area (TPSA) is 65.1 Å². The summed E-state index contributed by atoms with van der Waals surface area (Å²) in [7, 11) is 0. The average molecular weight is 318 g/mol. The molecule has 0 bridgehead atoms. The molecule has 0 spiro atoms. The summed E-state index contributed by atoms with van der Waals surface area (Å²) in [6.45, 7) is 6.73. The SMILES string of the molecule is CC(=O)Oc1cc(C)cc(OC(C)=O)c1C1CCCC2(C)OC12. The molecule has 2 fully saturated rings. The molecule has 1 saturated carbocycles. The molecule has 1 saturated heterocycles. The Morgan fingerprint density at radius 3 is 2.26 bits per heavy atom. The predicted octanol–water partition coefficient (Wildman–Crippen LogP) is 3.27. The van der Waals surface area contributed by atoms with E-state index in [2.05, 4.69) is 6.92 Å². The highest BCUT2D eigenvalue weighted by Crippen LogP contribution is 2.57. The Morgan fingerprint density at radius 1 is 1.17 bits per heavy atom. The van der Waals surface area contributed by atoms with Crippen molar-refractivity contribution < 1.29 is 23.8 Å². The van der Waals surface area contributed by atoms with Crippen molar-refractivity contribution in [3.8, 4) is 11.5 Å². The van der Waals surface area contributed by atoms with Gasteiger partial charge in [-0.25, -0.2) is 0 Å². The molecule has 124 valence electrons. The summed E-state index contributed by atoms with van der Waals surface area (Å²) in [5, 5.41) is 0. The minimum absolute atomic E-state index is 0.0676. The third-order valence-electron chi connectivity index (χ3n) is 4.62. The van der Waals surface area contributed by atoms with E-state index >= 15 is 0 Å². The molecule has 0 aromatic heterocycles. The summed E-state index contributed by atoms with van der Waals surface area (Å²) >= 11 is 0. The highest BCUT2D eigenvalue weighted by Gasteiger charge is 2.59. The summed E-state index contributed by atoms with van der Waals surface area (Å²) in [5.41, 5.74) is 1.54. The number of fused-ring (bicyclic) bond motifs is 1. The second kappa shape index (κ2) is 5.64. The van der Waals surface area contributed by atoms with Gasteiger partial charge >= 0.3 is 11.9 Å². The van der Waals surface area contributed by atoms with Gasteiger partial charge in [0.1, 0.15) is 11.5 Å². The maximum Gasteiger partial charge on any atom is 0.308 e. The van der Waals surface area contributed by atoms with Crippen molar-refractivity contribution in [1.82, 2.24) is 0 Å². The van der Waals surface area contributed by atoms with Gasteiger partial charge in [0.05, 0.1) is 11.7 Å².